The maximum atomic E-state index is 3.39. The van der Waals surface area contributed by atoms with E-state index >= 15 is 0 Å². The number of hydrogen-bond donors (Lipinski definition) is 1. The fraction of sp³-hybridized carbons (Fsp3) is 0.571. The normalized spacial score (nSPS) is 24.9. The highest BCUT2D eigenvalue weighted by molar-refractivity contribution is 7.99. The Morgan fingerprint density at radius 2 is 2.12 bits per heavy atom. The molecule has 2 heteroatoms. The molecule has 0 amide bonds. The van der Waals surface area contributed by atoms with Crippen LogP contribution < -0.4 is 5.32 Å². The first-order valence-electron chi connectivity index (χ1n) is 6.13. The zero-order chi connectivity index (χ0) is 11.4. The summed E-state index contributed by atoms with van der Waals surface area (Å²) < 4.78 is 0. The number of benzene rings is 1. The number of thioether (sulfide) groups is 1. The minimum absolute atomic E-state index is 0.759. The van der Waals surface area contributed by atoms with E-state index in [-0.39, 0.29) is 0 Å². The molecule has 2 rings (SSSR count). The zero-order valence-electron chi connectivity index (χ0n) is 10.2. The van der Waals surface area contributed by atoms with E-state index in [9.17, 15) is 0 Å². The van der Waals surface area contributed by atoms with E-state index in [0.29, 0.717) is 0 Å². The van der Waals surface area contributed by atoms with E-state index in [1.54, 1.807) is 0 Å². The van der Waals surface area contributed by atoms with Crippen molar-refractivity contribution in [3.05, 3.63) is 35.4 Å². The van der Waals surface area contributed by atoms with Gasteiger partial charge in [-0.05, 0) is 44.4 Å². The molecule has 0 saturated heterocycles. The summed E-state index contributed by atoms with van der Waals surface area (Å²) in [6, 6.07) is 9.49. The molecule has 0 aliphatic heterocycles. The molecule has 1 nitrogen and oxygen atoms in total. The fourth-order valence-electron chi connectivity index (χ4n) is 2.33. The van der Waals surface area contributed by atoms with E-state index in [2.05, 4.69) is 55.3 Å². The second-order valence-electron chi connectivity index (χ2n) is 4.66. The Hall–Kier alpha value is -0.470. The average molecular weight is 235 g/mol. The van der Waals surface area contributed by atoms with Gasteiger partial charge in [0, 0.05) is 17.0 Å². The first-order chi connectivity index (χ1) is 7.79. The standard InChI is InChI=1S/C14H21NS/c1-11-5-3-4-6-12(11)10-16-14-8-7-13(9-14)15-2/h3-6,13-15H,7-10H2,1-2H3. The molecule has 1 aliphatic carbocycles. The molecular weight excluding hydrogens is 214 g/mol. The van der Waals surface area contributed by atoms with Crippen LogP contribution in [0, 0.1) is 6.92 Å². The van der Waals surface area contributed by atoms with Crippen molar-refractivity contribution in [2.45, 2.75) is 43.2 Å². The maximum Gasteiger partial charge on any atom is 0.0189 e. The summed E-state index contributed by atoms with van der Waals surface area (Å²) in [7, 11) is 2.08. The highest BCUT2D eigenvalue weighted by atomic mass is 32.2. The van der Waals surface area contributed by atoms with Gasteiger partial charge in [0.15, 0.2) is 0 Å². The van der Waals surface area contributed by atoms with Crippen LogP contribution in [-0.4, -0.2) is 18.3 Å². The second-order valence-corrected chi connectivity index (χ2v) is 5.95. The molecule has 0 bridgehead atoms. The van der Waals surface area contributed by atoms with Crippen LogP contribution in [0.15, 0.2) is 24.3 Å². The Kier molecular flexibility index (Phi) is 4.30. The fourth-order valence-corrected chi connectivity index (χ4v) is 3.74. The lowest BCUT2D eigenvalue weighted by molar-refractivity contribution is 0.583. The van der Waals surface area contributed by atoms with Crippen LogP contribution in [-0.2, 0) is 5.75 Å². The van der Waals surface area contributed by atoms with Crippen LogP contribution in [0.25, 0.3) is 0 Å². The molecule has 1 saturated carbocycles. The quantitative estimate of drug-likeness (QED) is 0.859. The van der Waals surface area contributed by atoms with Crippen LogP contribution in [0.1, 0.15) is 30.4 Å². The van der Waals surface area contributed by atoms with Crippen molar-refractivity contribution < 1.29 is 0 Å². The van der Waals surface area contributed by atoms with Crippen LogP contribution in [0.2, 0.25) is 0 Å². The van der Waals surface area contributed by atoms with Gasteiger partial charge in [0.25, 0.3) is 0 Å². The molecule has 1 aliphatic rings. The Labute approximate surface area is 103 Å². The van der Waals surface area contributed by atoms with Gasteiger partial charge in [0.05, 0.1) is 0 Å². The molecule has 1 aromatic carbocycles. The van der Waals surface area contributed by atoms with Crippen molar-refractivity contribution in [2.75, 3.05) is 7.05 Å². The minimum atomic E-state index is 0.759. The third-order valence-electron chi connectivity index (χ3n) is 3.53. The third kappa shape index (κ3) is 3.02. The van der Waals surface area contributed by atoms with Gasteiger partial charge in [0.1, 0.15) is 0 Å². The highest BCUT2D eigenvalue weighted by Gasteiger charge is 2.23. The lowest BCUT2D eigenvalue weighted by atomic mass is 10.1. The number of rotatable bonds is 4. The second kappa shape index (κ2) is 5.74. The Balaban J connectivity index is 1.82. The van der Waals surface area contributed by atoms with Crippen LogP contribution in [0.4, 0.5) is 0 Å². The van der Waals surface area contributed by atoms with E-state index in [4.69, 9.17) is 0 Å². The smallest absolute Gasteiger partial charge is 0.0189 e. The molecule has 0 heterocycles. The summed E-state index contributed by atoms with van der Waals surface area (Å²) in [5, 5.41) is 4.25. The number of nitrogens with one attached hydrogen (secondary N) is 1. The molecule has 2 unspecified atom stereocenters. The van der Waals surface area contributed by atoms with Crippen molar-refractivity contribution in [3.8, 4) is 0 Å². The van der Waals surface area contributed by atoms with Crippen LogP contribution in [0.3, 0.4) is 0 Å². The van der Waals surface area contributed by atoms with Gasteiger partial charge in [0.2, 0.25) is 0 Å². The summed E-state index contributed by atoms with van der Waals surface area (Å²) in [6.07, 6.45) is 4.07. The lowest BCUT2D eigenvalue weighted by Crippen LogP contribution is -2.21. The van der Waals surface area contributed by atoms with Gasteiger partial charge in [-0.3, -0.25) is 0 Å². The first kappa shape index (κ1) is 12.0. The summed E-state index contributed by atoms with van der Waals surface area (Å²) >= 11 is 2.13. The molecule has 1 fully saturated rings. The van der Waals surface area contributed by atoms with Gasteiger partial charge < -0.3 is 5.32 Å². The predicted molar refractivity (Wildman–Crippen MR) is 73.0 cm³/mol. The highest BCUT2D eigenvalue weighted by Crippen LogP contribution is 2.32. The lowest BCUT2D eigenvalue weighted by Gasteiger charge is -2.11. The number of aryl methyl sites for hydroxylation is 1. The molecule has 88 valence electrons. The zero-order valence-corrected chi connectivity index (χ0v) is 11.0. The van der Waals surface area contributed by atoms with Gasteiger partial charge in [-0.2, -0.15) is 11.8 Å². The molecule has 0 radical (unpaired) electrons. The van der Waals surface area contributed by atoms with Crippen molar-refractivity contribution in [1.82, 2.24) is 5.32 Å². The molecule has 1 N–H and O–H groups in total. The summed E-state index contributed by atoms with van der Waals surface area (Å²) in [5.41, 5.74) is 2.93. The van der Waals surface area contributed by atoms with Gasteiger partial charge >= 0.3 is 0 Å². The molecule has 2 atom stereocenters. The van der Waals surface area contributed by atoms with E-state index in [0.717, 1.165) is 11.3 Å². The van der Waals surface area contributed by atoms with E-state index in [1.165, 1.54) is 36.1 Å². The third-order valence-corrected chi connectivity index (χ3v) is 4.91. The van der Waals surface area contributed by atoms with Gasteiger partial charge in [-0.25, -0.2) is 0 Å². The molecular formula is C14H21NS. The number of hydrogen-bond acceptors (Lipinski definition) is 2. The Morgan fingerprint density at radius 3 is 2.81 bits per heavy atom. The Bertz CT molecular complexity index is 337. The summed E-state index contributed by atoms with van der Waals surface area (Å²) in [5.74, 6) is 1.17. The van der Waals surface area contributed by atoms with E-state index < -0.39 is 0 Å². The molecule has 1 aromatic rings. The van der Waals surface area contributed by atoms with Crippen molar-refractivity contribution in [2.24, 2.45) is 0 Å². The van der Waals surface area contributed by atoms with Crippen LogP contribution in [0.5, 0.6) is 0 Å². The molecule has 16 heavy (non-hydrogen) atoms. The summed E-state index contributed by atoms with van der Waals surface area (Å²) in [4.78, 5) is 0. The SMILES string of the molecule is CNC1CCC(SCc2ccccc2C)C1. The van der Waals surface area contributed by atoms with Crippen LogP contribution >= 0.6 is 11.8 Å². The van der Waals surface area contributed by atoms with Crippen molar-refractivity contribution in [3.63, 3.8) is 0 Å². The van der Waals surface area contributed by atoms with E-state index in [1.807, 2.05) is 0 Å². The predicted octanol–water partition coefficient (Wildman–Crippen LogP) is 3.37. The monoisotopic (exact) mass is 235 g/mol. The summed E-state index contributed by atoms with van der Waals surface area (Å²) in [6.45, 7) is 2.21. The maximum absolute atomic E-state index is 3.39. The first-order valence-corrected chi connectivity index (χ1v) is 7.18. The Morgan fingerprint density at radius 1 is 1.31 bits per heavy atom. The molecule has 0 aromatic heterocycles. The minimum Gasteiger partial charge on any atom is -0.317 e. The van der Waals surface area contributed by atoms with Crippen molar-refractivity contribution >= 4 is 11.8 Å². The largest absolute Gasteiger partial charge is 0.317 e. The van der Waals surface area contributed by atoms with Gasteiger partial charge in [-0.1, -0.05) is 24.3 Å². The average Bonchev–Trinajstić information content (AvgIpc) is 2.76. The topological polar surface area (TPSA) is 12.0 Å². The molecule has 0 spiro atoms. The van der Waals surface area contributed by atoms with Crippen molar-refractivity contribution in [1.29, 1.82) is 0 Å². The van der Waals surface area contributed by atoms with Gasteiger partial charge in [-0.15, -0.1) is 0 Å².